The van der Waals surface area contributed by atoms with Crippen LogP contribution in [0.4, 0.5) is 5.69 Å². The molecule has 0 bridgehead atoms. The number of rotatable bonds is 4. The van der Waals surface area contributed by atoms with Crippen molar-refractivity contribution in [1.82, 2.24) is 4.90 Å². The van der Waals surface area contributed by atoms with Crippen molar-refractivity contribution in [2.24, 2.45) is 5.92 Å². The Labute approximate surface area is 132 Å². The van der Waals surface area contributed by atoms with Crippen molar-refractivity contribution >= 4 is 40.8 Å². The maximum absolute atomic E-state index is 12.1. The Bertz CT molecular complexity index is 543. The van der Waals surface area contributed by atoms with Crippen LogP contribution in [0.15, 0.2) is 18.2 Å². The van der Waals surface area contributed by atoms with Crippen LogP contribution in [0.2, 0.25) is 10.0 Å². The first-order valence-electron chi connectivity index (χ1n) is 6.67. The molecule has 0 atom stereocenters. The van der Waals surface area contributed by atoms with Gasteiger partial charge in [0.15, 0.2) is 0 Å². The highest BCUT2D eigenvalue weighted by molar-refractivity contribution is 6.43. The van der Waals surface area contributed by atoms with Gasteiger partial charge in [-0.05, 0) is 25.0 Å². The fraction of sp³-hybridized carbons (Fsp3) is 0.429. The largest absolute Gasteiger partial charge is 0.481 e. The highest BCUT2D eigenvalue weighted by Gasteiger charge is 2.26. The number of hydrogen-bond donors (Lipinski definition) is 2. The van der Waals surface area contributed by atoms with E-state index in [2.05, 4.69) is 5.32 Å². The molecule has 0 saturated carbocycles. The van der Waals surface area contributed by atoms with Crippen molar-refractivity contribution < 1.29 is 14.7 Å². The molecule has 7 heteroatoms. The smallest absolute Gasteiger partial charge is 0.306 e. The highest BCUT2D eigenvalue weighted by Crippen LogP contribution is 2.29. The van der Waals surface area contributed by atoms with E-state index in [1.54, 1.807) is 23.1 Å². The molecular weight excluding hydrogens is 315 g/mol. The third kappa shape index (κ3) is 4.02. The van der Waals surface area contributed by atoms with Gasteiger partial charge in [0.2, 0.25) is 5.91 Å². The van der Waals surface area contributed by atoms with Crippen LogP contribution in [0.5, 0.6) is 0 Å². The van der Waals surface area contributed by atoms with Crippen LogP contribution in [-0.4, -0.2) is 41.5 Å². The molecule has 2 N–H and O–H groups in total. The van der Waals surface area contributed by atoms with Gasteiger partial charge in [-0.1, -0.05) is 29.3 Å². The fourth-order valence-corrected chi connectivity index (χ4v) is 2.67. The lowest BCUT2D eigenvalue weighted by molar-refractivity contribution is -0.145. The van der Waals surface area contributed by atoms with Gasteiger partial charge in [-0.2, -0.15) is 0 Å². The highest BCUT2D eigenvalue weighted by atomic mass is 35.5. The number of anilines is 1. The molecule has 0 aliphatic carbocycles. The Morgan fingerprint density at radius 3 is 2.57 bits per heavy atom. The quantitative estimate of drug-likeness (QED) is 0.890. The van der Waals surface area contributed by atoms with E-state index in [-0.39, 0.29) is 18.4 Å². The third-order valence-corrected chi connectivity index (χ3v) is 4.40. The Morgan fingerprint density at radius 1 is 1.29 bits per heavy atom. The minimum atomic E-state index is -0.786. The van der Waals surface area contributed by atoms with Gasteiger partial charge in [0, 0.05) is 13.1 Å². The zero-order valence-electron chi connectivity index (χ0n) is 11.3. The van der Waals surface area contributed by atoms with Crippen LogP contribution in [0.25, 0.3) is 0 Å². The molecule has 0 spiro atoms. The summed E-state index contributed by atoms with van der Waals surface area (Å²) in [4.78, 5) is 24.6. The van der Waals surface area contributed by atoms with Crippen molar-refractivity contribution in [1.29, 1.82) is 0 Å². The van der Waals surface area contributed by atoms with E-state index < -0.39 is 5.97 Å². The first kappa shape index (κ1) is 15.9. The lowest BCUT2D eigenvalue weighted by Crippen LogP contribution is -2.42. The Morgan fingerprint density at radius 2 is 1.95 bits per heavy atom. The van der Waals surface area contributed by atoms with Crippen molar-refractivity contribution in [2.45, 2.75) is 12.8 Å². The molecule has 1 aromatic carbocycles. The Hall–Kier alpha value is -1.46. The molecule has 1 fully saturated rings. The second-order valence-corrected chi connectivity index (χ2v) is 5.73. The van der Waals surface area contributed by atoms with Crippen LogP contribution in [0.3, 0.4) is 0 Å². The van der Waals surface area contributed by atoms with Crippen molar-refractivity contribution in [2.75, 3.05) is 25.0 Å². The molecule has 1 amide bonds. The zero-order valence-corrected chi connectivity index (χ0v) is 12.8. The summed E-state index contributed by atoms with van der Waals surface area (Å²) in [5, 5.41) is 12.7. The maximum atomic E-state index is 12.1. The number of amides is 1. The minimum Gasteiger partial charge on any atom is -0.481 e. The molecule has 0 radical (unpaired) electrons. The van der Waals surface area contributed by atoms with E-state index in [9.17, 15) is 9.59 Å². The second-order valence-electron chi connectivity index (χ2n) is 4.95. The summed E-state index contributed by atoms with van der Waals surface area (Å²) in [5.74, 6) is -1.20. The minimum absolute atomic E-state index is 0.0742. The molecule has 0 unspecified atom stereocenters. The van der Waals surface area contributed by atoms with Crippen molar-refractivity contribution in [3.63, 3.8) is 0 Å². The fourth-order valence-electron chi connectivity index (χ4n) is 2.30. The molecular formula is C14H16Cl2N2O3. The summed E-state index contributed by atoms with van der Waals surface area (Å²) >= 11 is 11.9. The summed E-state index contributed by atoms with van der Waals surface area (Å²) in [6.07, 6.45) is 0.998. The first-order valence-corrected chi connectivity index (χ1v) is 7.43. The third-order valence-electron chi connectivity index (χ3n) is 3.58. The molecule has 1 aromatic rings. The van der Waals surface area contributed by atoms with Gasteiger partial charge < -0.3 is 15.3 Å². The number of likely N-dealkylation sites (tertiary alicyclic amines) is 1. The predicted molar refractivity (Wildman–Crippen MR) is 81.9 cm³/mol. The van der Waals surface area contributed by atoms with Crippen LogP contribution in [0.1, 0.15) is 12.8 Å². The zero-order chi connectivity index (χ0) is 15.4. The number of carboxylic acids is 1. The number of carboxylic acid groups (broad SMARTS) is 1. The van der Waals surface area contributed by atoms with E-state index in [0.29, 0.717) is 41.7 Å². The Balaban J connectivity index is 1.85. The van der Waals surface area contributed by atoms with Crippen molar-refractivity contribution in [3.8, 4) is 0 Å². The number of benzene rings is 1. The van der Waals surface area contributed by atoms with E-state index in [1.165, 1.54) is 0 Å². The monoisotopic (exact) mass is 330 g/mol. The summed E-state index contributed by atoms with van der Waals surface area (Å²) in [6.45, 7) is 1.05. The molecule has 1 saturated heterocycles. The summed E-state index contributed by atoms with van der Waals surface area (Å²) in [5.41, 5.74) is 0.609. The number of carbonyl (C=O) groups is 2. The van der Waals surface area contributed by atoms with Gasteiger partial charge in [0.25, 0.3) is 0 Å². The SMILES string of the molecule is O=C(O)C1CCN(C(=O)CNc2cccc(Cl)c2Cl)CC1. The number of piperidine rings is 1. The van der Waals surface area contributed by atoms with E-state index in [1.807, 2.05) is 0 Å². The average molecular weight is 331 g/mol. The second kappa shape index (κ2) is 7.00. The number of aliphatic carboxylic acids is 1. The van der Waals surface area contributed by atoms with Gasteiger partial charge in [0.05, 0.1) is 28.2 Å². The molecule has 114 valence electrons. The lowest BCUT2D eigenvalue weighted by Gasteiger charge is -2.30. The summed E-state index contributed by atoms with van der Waals surface area (Å²) in [7, 11) is 0. The number of nitrogens with zero attached hydrogens (tertiary/aromatic N) is 1. The van der Waals surface area contributed by atoms with E-state index >= 15 is 0 Å². The number of carbonyl (C=O) groups excluding carboxylic acids is 1. The topological polar surface area (TPSA) is 69.6 Å². The van der Waals surface area contributed by atoms with E-state index in [4.69, 9.17) is 28.3 Å². The maximum Gasteiger partial charge on any atom is 0.306 e. The predicted octanol–water partition coefficient (Wildman–Crippen LogP) is 2.73. The average Bonchev–Trinajstić information content (AvgIpc) is 2.48. The molecule has 1 aliphatic rings. The molecule has 0 aromatic heterocycles. The number of hydrogen-bond acceptors (Lipinski definition) is 3. The van der Waals surface area contributed by atoms with Crippen LogP contribution in [0, 0.1) is 5.92 Å². The summed E-state index contributed by atoms with van der Waals surface area (Å²) < 4.78 is 0. The van der Waals surface area contributed by atoms with Gasteiger partial charge >= 0.3 is 5.97 Å². The Kier molecular flexibility index (Phi) is 5.31. The van der Waals surface area contributed by atoms with E-state index in [0.717, 1.165) is 0 Å². The normalized spacial score (nSPS) is 15.8. The standard InChI is InChI=1S/C14H16Cl2N2O3/c15-10-2-1-3-11(13(10)16)17-8-12(19)18-6-4-9(5-7-18)14(20)21/h1-3,9,17H,4-8H2,(H,20,21). The number of halogens is 2. The van der Waals surface area contributed by atoms with Gasteiger partial charge in [0.1, 0.15) is 0 Å². The van der Waals surface area contributed by atoms with Gasteiger partial charge in [-0.3, -0.25) is 9.59 Å². The van der Waals surface area contributed by atoms with Crippen LogP contribution < -0.4 is 5.32 Å². The molecule has 5 nitrogen and oxygen atoms in total. The van der Waals surface area contributed by atoms with Gasteiger partial charge in [-0.15, -0.1) is 0 Å². The lowest BCUT2D eigenvalue weighted by atomic mass is 9.97. The molecule has 21 heavy (non-hydrogen) atoms. The van der Waals surface area contributed by atoms with Crippen LogP contribution in [-0.2, 0) is 9.59 Å². The molecule has 2 rings (SSSR count). The molecule has 1 aliphatic heterocycles. The molecule has 1 heterocycles. The number of nitrogens with one attached hydrogen (secondary N) is 1. The van der Waals surface area contributed by atoms with Crippen molar-refractivity contribution in [3.05, 3.63) is 28.2 Å². The first-order chi connectivity index (χ1) is 9.99. The van der Waals surface area contributed by atoms with Crippen LogP contribution >= 0.6 is 23.2 Å². The summed E-state index contributed by atoms with van der Waals surface area (Å²) in [6, 6.07) is 5.17. The van der Waals surface area contributed by atoms with Gasteiger partial charge in [-0.25, -0.2) is 0 Å².